The summed E-state index contributed by atoms with van der Waals surface area (Å²) in [6.45, 7) is 9.05. The normalized spacial score (nSPS) is 15.7. The first-order valence-corrected chi connectivity index (χ1v) is 12.7. The molecule has 8 nitrogen and oxygen atoms in total. The highest BCUT2D eigenvalue weighted by molar-refractivity contribution is 7.18. The molecule has 1 aromatic carbocycles. The summed E-state index contributed by atoms with van der Waals surface area (Å²) >= 11 is 1.70. The number of carbonyl (C=O) groups excluding carboxylic acids is 1. The highest BCUT2D eigenvalue weighted by atomic mass is 32.1. The van der Waals surface area contributed by atoms with E-state index in [1.54, 1.807) is 11.3 Å². The fourth-order valence-electron chi connectivity index (χ4n) is 4.50. The molecule has 2 aromatic heterocycles. The number of nitrogens with zero attached hydrogens (tertiary/aromatic N) is 3. The number of piperidine rings is 1. The highest BCUT2D eigenvalue weighted by Crippen LogP contribution is 2.36. The van der Waals surface area contributed by atoms with E-state index in [2.05, 4.69) is 30.1 Å². The zero-order chi connectivity index (χ0) is 23.7. The number of aromatic nitrogens is 2. The van der Waals surface area contributed by atoms with Crippen LogP contribution >= 0.6 is 11.3 Å². The van der Waals surface area contributed by atoms with Crippen molar-refractivity contribution in [2.24, 2.45) is 5.92 Å². The number of rotatable bonds is 7. The molecule has 5 rings (SSSR count). The van der Waals surface area contributed by atoms with Crippen LogP contribution in [-0.4, -0.2) is 49.0 Å². The first-order chi connectivity index (χ1) is 16.5. The maximum Gasteiger partial charge on any atom is 0.309 e. The van der Waals surface area contributed by atoms with Gasteiger partial charge in [-0.1, -0.05) is 6.07 Å². The molecule has 2 aliphatic heterocycles. The number of aryl methyl sites for hydroxylation is 2. The van der Waals surface area contributed by atoms with Crippen molar-refractivity contribution in [3.8, 4) is 11.5 Å². The molecule has 0 unspecified atom stereocenters. The van der Waals surface area contributed by atoms with Crippen LogP contribution in [0, 0.1) is 19.8 Å². The van der Waals surface area contributed by atoms with E-state index in [1.807, 2.05) is 19.1 Å². The monoisotopic (exact) mass is 482 g/mol. The van der Waals surface area contributed by atoms with Crippen molar-refractivity contribution in [1.29, 1.82) is 0 Å². The largest absolute Gasteiger partial charge is 0.466 e. The number of ether oxygens (including phenoxy) is 3. The maximum atomic E-state index is 12.1. The minimum absolute atomic E-state index is 0.0366. The Hall–Kier alpha value is -3.07. The van der Waals surface area contributed by atoms with Gasteiger partial charge in [-0.25, -0.2) is 4.98 Å². The molecule has 0 saturated carbocycles. The topological polar surface area (TPSA) is 85.8 Å². The fourth-order valence-corrected chi connectivity index (χ4v) is 5.53. The van der Waals surface area contributed by atoms with E-state index in [4.69, 9.17) is 24.2 Å². The van der Waals surface area contributed by atoms with Crippen LogP contribution in [0.1, 0.15) is 35.8 Å². The Kier molecular flexibility index (Phi) is 6.45. The second-order valence-electron chi connectivity index (χ2n) is 8.71. The van der Waals surface area contributed by atoms with E-state index < -0.39 is 0 Å². The summed E-state index contributed by atoms with van der Waals surface area (Å²) in [6, 6.07) is 6.08. The van der Waals surface area contributed by atoms with Gasteiger partial charge in [-0.05, 0) is 63.3 Å². The second-order valence-corrected chi connectivity index (χ2v) is 9.92. The number of benzene rings is 1. The molecule has 3 aromatic rings. The second kappa shape index (κ2) is 9.66. The third-order valence-electron chi connectivity index (χ3n) is 6.56. The lowest BCUT2D eigenvalue weighted by Gasteiger charge is -2.31. The van der Waals surface area contributed by atoms with Crippen molar-refractivity contribution in [3.63, 3.8) is 0 Å². The van der Waals surface area contributed by atoms with Crippen molar-refractivity contribution in [3.05, 3.63) is 34.2 Å². The smallest absolute Gasteiger partial charge is 0.309 e. The molecule has 0 atom stereocenters. The molecule has 0 aliphatic carbocycles. The number of hydrogen-bond donors (Lipinski definition) is 1. The SMILES string of the molecule is CCOC(=O)C1CCN(c2nc(NCCc3ccc4c(c3)OCO4)c3c(C)c(C)sc3n2)CC1. The Morgan fingerprint density at radius 1 is 1.21 bits per heavy atom. The molecular weight excluding hydrogens is 452 g/mol. The standard InChI is InChI=1S/C25H30N4O4S/c1-4-31-24(30)18-8-11-29(12-9-18)25-27-22(21-15(2)16(3)34-23(21)28-25)26-10-7-17-5-6-19-20(13-17)33-14-32-19/h5-6,13,18H,4,7-12,14H2,1-3H3,(H,26,27,28). The van der Waals surface area contributed by atoms with Crippen LogP contribution in [0.2, 0.25) is 0 Å². The summed E-state index contributed by atoms with van der Waals surface area (Å²) in [7, 11) is 0. The van der Waals surface area contributed by atoms with E-state index in [-0.39, 0.29) is 18.7 Å². The van der Waals surface area contributed by atoms with Crippen molar-refractivity contribution >= 4 is 39.3 Å². The maximum absolute atomic E-state index is 12.1. The van der Waals surface area contributed by atoms with Gasteiger partial charge in [0, 0.05) is 24.5 Å². The van der Waals surface area contributed by atoms with E-state index in [1.165, 1.54) is 16.0 Å². The lowest BCUT2D eigenvalue weighted by atomic mass is 9.97. The van der Waals surface area contributed by atoms with E-state index in [9.17, 15) is 4.79 Å². The van der Waals surface area contributed by atoms with Gasteiger partial charge in [0.15, 0.2) is 11.5 Å². The Bertz CT molecular complexity index is 1200. The van der Waals surface area contributed by atoms with Crippen LogP contribution in [0.25, 0.3) is 10.2 Å². The summed E-state index contributed by atoms with van der Waals surface area (Å²) in [5.41, 5.74) is 2.40. The number of fused-ring (bicyclic) bond motifs is 2. The average molecular weight is 483 g/mol. The zero-order valence-electron chi connectivity index (χ0n) is 19.8. The Morgan fingerprint density at radius 2 is 2.00 bits per heavy atom. The number of esters is 1. The molecule has 180 valence electrons. The van der Waals surface area contributed by atoms with Gasteiger partial charge in [0.1, 0.15) is 10.6 Å². The summed E-state index contributed by atoms with van der Waals surface area (Å²) < 4.78 is 16.1. The predicted molar refractivity (Wildman–Crippen MR) is 133 cm³/mol. The van der Waals surface area contributed by atoms with Gasteiger partial charge < -0.3 is 24.4 Å². The quantitative estimate of drug-likeness (QED) is 0.494. The number of anilines is 2. The van der Waals surface area contributed by atoms with Crippen LogP contribution in [0.15, 0.2) is 18.2 Å². The summed E-state index contributed by atoms with van der Waals surface area (Å²) in [4.78, 5) is 26.4. The zero-order valence-corrected chi connectivity index (χ0v) is 20.7. The Balaban J connectivity index is 1.32. The van der Waals surface area contributed by atoms with Crippen LogP contribution in [0.5, 0.6) is 11.5 Å². The fraction of sp³-hybridized carbons (Fsp3) is 0.480. The third-order valence-corrected chi connectivity index (χ3v) is 7.66. The van der Waals surface area contributed by atoms with Crippen LogP contribution in [0.3, 0.4) is 0 Å². The van der Waals surface area contributed by atoms with Gasteiger partial charge in [-0.3, -0.25) is 4.79 Å². The van der Waals surface area contributed by atoms with Gasteiger partial charge in [0.25, 0.3) is 0 Å². The summed E-state index contributed by atoms with van der Waals surface area (Å²) in [5.74, 6) is 3.07. The Morgan fingerprint density at radius 3 is 2.79 bits per heavy atom. The van der Waals surface area contributed by atoms with Crippen molar-refractivity contribution in [2.75, 3.05) is 43.3 Å². The molecule has 0 radical (unpaired) electrons. The molecule has 0 amide bonds. The lowest BCUT2D eigenvalue weighted by Crippen LogP contribution is -2.38. The number of hydrogen-bond acceptors (Lipinski definition) is 9. The van der Waals surface area contributed by atoms with E-state index >= 15 is 0 Å². The molecule has 34 heavy (non-hydrogen) atoms. The van der Waals surface area contributed by atoms with Crippen molar-refractivity contribution in [1.82, 2.24) is 9.97 Å². The van der Waals surface area contributed by atoms with Gasteiger partial charge >= 0.3 is 5.97 Å². The minimum Gasteiger partial charge on any atom is -0.466 e. The average Bonchev–Trinajstić information content (AvgIpc) is 3.42. The number of carbonyl (C=O) groups is 1. The van der Waals surface area contributed by atoms with E-state index in [0.717, 1.165) is 72.4 Å². The molecule has 1 fully saturated rings. The highest BCUT2D eigenvalue weighted by Gasteiger charge is 2.28. The van der Waals surface area contributed by atoms with Crippen molar-refractivity contribution in [2.45, 2.75) is 40.0 Å². The molecule has 0 spiro atoms. The van der Waals surface area contributed by atoms with E-state index in [0.29, 0.717) is 6.61 Å². The Labute approximate surface area is 203 Å². The van der Waals surface area contributed by atoms with Crippen LogP contribution in [-0.2, 0) is 16.0 Å². The number of nitrogens with one attached hydrogen (secondary N) is 1. The predicted octanol–water partition coefficient (Wildman–Crippen LogP) is 4.47. The summed E-state index contributed by atoms with van der Waals surface area (Å²) in [6.07, 6.45) is 2.36. The molecular formula is C25H30N4O4S. The van der Waals surface area contributed by atoms with Gasteiger partial charge in [0.05, 0.1) is 17.9 Å². The third kappa shape index (κ3) is 4.49. The van der Waals surface area contributed by atoms with Crippen molar-refractivity contribution < 1.29 is 19.0 Å². The van der Waals surface area contributed by atoms with Gasteiger partial charge in [0.2, 0.25) is 12.7 Å². The molecule has 1 N–H and O–H groups in total. The molecule has 9 heteroatoms. The number of thiophene rings is 1. The lowest BCUT2D eigenvalue weighted by molar-refractivity contribution is -0.148. The van der Waals surface area contributed by atoms with Crippen LogP contribution in [0.4, 0.5) is 11.8 Å². The first kappa shape index (κ1) is 22.7. The molecule has 2 aliphatic rings. The minimum atomic E-state index is -0.0890. The van der Waals surface area contributed by atoms with Crippen LogP contribution < -0.4 is 19.7 Å². The van der Waals surface area contributed by atoms with Gasteiger partial charge in [-0.15, -0.1) is 11.3 Å². The molecule has 0 bridgehead atoms. The van der Waals surface area contributed by atoms with Gasteiger partial charge in [-0.2, -0.15) is 4.98 Å². The molecule has 4 heterocycles. The first-order valence-electron chi connectivity index (χ1n) is 11.8. The summed E-state index contributed by atoms with van der Waals surface area (Å²) in [5, 5.41) is 4.66. The molecule has 1 saturated heterocycles.